The number of hydrogen-bond acceptors (Lipinski definition) is 4. The van der Waals surface area contributed by atoms with Gasteiger partial charge in [0.25, 0.3) is 0 Å². The number of aromatic nitrogens is 2. The topological polar surface area (TPSA) is 44.5 Å². The molecule has 2 aromatic rings. The molecule has 1 fully saturated rings. The number of nitrogens with zero attached hydrogens (tertiary/aromatic N) is 4. The Balaban J connectivity index is 1.45. The number of aryl methyl sites for hydroxylation is 1. The van der Waals surface area contributed by atoms with E-state index in [-0.39, 0.29) is 6.61 Å². The minimum Gasteiger partial charge on any atom is -0.395 e. The molecule has 0 amide bonds. The van der Waals surface area contributed by atoms with Crippen LogP contribution in [-0.2, 0) is 13.1 Å². The molecule has 0 bridgehead atoms. The molecule has 2 aliphatic heterocycles. The Bertz CT molecular complexity index is 678. The van der Waals surface area contributed by atoms with Crippen molar-refractivity contribution in [2.45, 2.75) is 38.4 Å². The van der Waals surface area contributed by atoms with Gasteiger partial charge in [0.2, 0.25) is 0 Å². The van der Waals surface area contributed by atoms with Crippen LogP contribution in [0.5, 0.6) is 0 Å². The summed E-state index contributed by atoms with van der Waals surface area (Å²) in [4.78, 5) is 9.77. The molecule has 5 nitrogen and oxygen atoms in total. The second-order valence-electron chi connectivity index (χ2n) is 7.64. The van der Waals surface area contributed by atoms with Gasteiger partial charge in [-0.05, 0) is 43.8 Å². The molecule has 0 aliphatic carbocycles. The van der Waals surface area contributed by atoms with Crippen molar-refractivity contribution in [3.63, 3.8) is 0 Å². The SMILES string of the molecule is OCCN1CCCn2ccnc2C1C1CCN(Cc2ccccc2)CC1. The molecular formula is C21H30N4O. The molecule has 1 saturated heterocycles. The summed E-state index contributed by atoms with van der Waals surface area (Å²) in [6.07, 6.45) is 7.59. The molecule has 1 aromatic heterocycles. The van der Waals surface area contributed by atoms with Crippen LogP contribution >= 0.6 is 0 Å². The Morgan fingerprint density at radius 3 is 2.62 bits per heavy atom. The van der Waals surface area contributed by atoms with E-state index < -0.39 is 0 Å². The van der Waals surface area contributed by atoms with Crippen molar-refractivity contribution in [3.05, 3.63) is 54.1 Å². The van der Waals surface area contributed by atoms with Crippen LogP contribution in [0, 0.1) is 5.92 Å². The predicted molar refractivity (Wildman–Crippen MR) is 103 cm³/mol. The van der Waals surface area contributed by atoms with E-state index in [0.29, 0.717) is 12.0 Å². The van der Waals surface area contributed by atoms with E-state index in [4.69, 9.17) is 4.98 Å². The molecule has 5 heteroatoms. The number of imidazole rings is 1. The monoisotopic (exact) mass is 354 g/mol. The van der Waals surface area contributed by atoms with Gasteiger partial charge < -0.3 is 9.67 Å². The lowest BCUT2D eigenvalue weighted by Crippen LogP contribution is -2.42. The minimum atomic E-state index is 0.226. The fraction of sp³-hybridized carbons (Fsp3) is 0.571. The van der Waals surface area contributed by atoms with Gasteiger partial charge >= 0.3 is 0 Å². The lowest BCUT2D eigenvalue weighted by molar-refractivity contribution is 0.0693. The number of β-amino-alcohol motifs (C(OH)–C–C–N with tert-alkyl or cyclic N) is 1. The first-order valence-electron chi connectivity index (χ1n) is 9.97. The van der Waals surface area contributed by atoms with E-state index >= 15 is 0 Å². The predicted octanol–water partition coefficient (Wildman–Crippen LogP) is 2.53. The number of aliphatic hydroxyl groups excluding tert-OH is 1. The summed E-state index contributed by atoms with van der Waals surface area (Å²) in [6.45, 7) is 6.41. The van der Waals surface area contributed by atoms with Crippen LogP contribution in [0.2, 0.25) is 0 Å². The van der Waals surface area contributed by atoms with Crippen LogP contribution in [0.4, 0.5) is 0 Å². The molecule has 1 atom stereocenters. The summed E-state index contributed by atoms with van der Waals surface area (Å²) in [5.41, 5.74) is 1.40. The quantitative estimate of drug-likeness (QED) is 0.896. The molecule has 1 aromatic carbocycles. The third kappa shape index (κ3) is 3.85. The fourth-order valence-corrected chi connectivity index (χ4v) is 4.68. The van der Waals surface area contributed by atoms with Crippen LogP contribution < -0.4 is 0 Å². The van der Waals surface area contributed by atoms with E-state index in [2.05, 4.69) is 50.9 Å². The highest BCUT2D eigenvalue weighted by Crippen LogP contribution is 2.36. The van der Waals surface area contributed by atoms with Gasteiger partial charge in [0.1, 0.15) is 5.82 Å². The van der Waals surface area contributed by atoms with Gasteiger partial charge in [0, 0.05) is 38.6 Å². The Hall–Kier alpha value is -1.69. The van der Waals surface area contributed by atoms with Crippen molar-refractivity contribution in [1.82, 2.24) is 19.4 Å². The summed E-state index contributed by atoms with van der Waals surface area (Å²) < 4.78 is 2.33. The average Bonchev–Trinajstić information content (AvgIpc) is 3.05. The summed E-state index contributed by atoms with van der Waals surface area (Å²) >= 11 is 0. The van der Waals surface area contributed by atoms with Crippen LogP contribution in [0.25, 0.3) is 0 Å². The first kappa shape index (κ1) is 17.7. The molecule has 0 spiro atoms. The maximum absolute atomic E-state index is 9.55. The molecule has 140 valence electrons. The number of aliphatic hydroxyl groups is 1. The lowest BCUT2D eigenvalue weighted by Gasteiger charge is -2.40. The smallest absolute Gasteiger partial charge is 0.126 e. The molecule has 26 heavy (non-hydrogen) atoms. The minimum absolute atomic E-state index is 0.226. The summed E-state index contributed by atoms with van der Waals surface area (Å²) in [7, 11) is 0. The van der Waals surface area contributed by atoms with E-state index in [0.717, 1.165) is 45.7 Å². The Morgan fingerprint density at radius 1 is 1.04 bits per heavy atom. The fourth-order valence-electron chi connectivity index (χ4n) is 4.68. The summed E-state index contributed by atoms with van der Waals surface area (Å²) in [5, 5.41) is 9.55. The highest BCUT2D eigenvalue weighted by atomic mass is 16.3. The number of rotatable bonds is 5. The Kier molecular flexibility index (Phi) is 5.68. The zero-order valence-electron chi connectivity index (χ0n) is 15.5. The van der Waals surface area contributed by atoms with Crippen molar-refractivity contribution in [2.75, 3.05) is 32.8 Å². The van der Waals surface area contributed by atoms with Crippen LogP contribution in [-0.4, -0.2) is 57.2 Å². The second-order valence-corrected chi connectivity index (χ2v) is 7.64. The van der Waals surface area contributed by atoms with Gasteiger partial charge in [-0.1, -0.05) is 30.3 Å². The number of likely N-dealkylation sites (tertiary alicyclic amines) is 1. The van der Waals surface area contributed by atoms with Crippen molar-refractivity contribution >= 4 is 0 Å². The third-order valence-corrected chi connectivity index (χ3v) is 5.96. The molecule has 2 aliphatic rings. The van der Waals surface area contributed by atoms with Gasteiger partial charge in [0.15, 0.2) is 0 Å². The Morgan fingerprint density at radius 2 is 1.85 bits per heavy atom. The van der Waals surface area contributed by atoms with Gasteiger partial charge in [-0.25, -0.2) is 4.98 Å². The maximum atomic E-state index is 9.55. The molecular weight excluding hydrogens is 324 g/mol. The van der Waals surface area contributed by atoms with Gasteiger partial charge in [0.05, 0.1) is 12.6 Å². The van der Waals surface area contributed by atoms with E-state index in [9.17, 15) is 5.11 Å². The van der Waals surface area contributed by atoms with E-state index in [1.54, 1.807) is 0 Å². The first-order valence-corrected chi connectivity index (χ1v) is 9.97. The number of fused-ring (bicyclic) bond motifs is 1. The van der Waals surface area contributed by atoms with Crippen molar-refractivity contribution in [2.24, 2.45) is 5.92 Å². The second kappa shape index (κ2) is 8.33. The number of hydrogen-bond donors (Lipinski definition) is 1. The normalized spacial score (nSPS) is 22.9. The zero-order valence-corrected chi connectivity index (χ0v) is 15.5. The lowest BCUT2D eigenvalue weighted by atomic mass is 9.87. The van der Waals surface area contributed by atoms with Crippen LogP contribution in [0.15, 0.2) is 42.7 Å². The number of piperidine rings is 1. The molecule has 0 saturated carbocycles. The molecule has 1 unspecified atom stereocenters. The van der Waals surface area contributed by atoms with Gasteiger partial charge in [-0.3, -0.25) is 9.80 Å². The molecule has 4 rings (SSSR count). The highest BCUT2D eigenvalue weighted by molar-refractivity contribution is 5.14. The van der Waals surface area contributed by atoms with Gasteiger partial charge in [-0.15, -0.1) is 0 Å². The van der Waals surface area contributed by atoms with Gasteiger partial charge in [-0.2, -0.15) is 0 Å². The standard InChI is InChI=1S/C21H30N4O/c26-16-15-24-10-4-11-25-14-9-22-21(25)20(24)19-7-12-23(13-8-19)17-18-5-2-1-3-6-18/h1-3,5-6,9,14,19-20,26H,4,7-8,10-13,15-17H2. The highest BCUT2D eigenvalue weighted by Gasteiger charge is 2.35. The van der Waals surface area contributed by atoms with E-state index in [1.807, 2.05) is 6.20 Å². The van der Waals surface area contributed by atoms with Crippen molar-refractivity contribution in [1.29, 1.82) is 0 Å². The number of benzene rings is 1. The third-order valence-electron chi connectivity index (χ3n) is 5.96. The van der Waals surface area contributed by atoms with Crippen LogP contribution in [0.1, 0.15) is 36.7 Å². The van der Waals surface area contributed by atoms with E-state index in [1.165, 1.54) is 24.2 Å². The van der Waals surface area contributed by atoms with Crippen molar-refractivity contribution < 1.29 is 5.11 Å². The Labute approximate surface area is 156 Å². The van der Waals surface area contributed by atoms with Crippen LogP contribution in [0.3, 0.4) is 0 Å². The zero-order chi connectivity index (χ0) is 17.8. The summed E-state index contributed by atoms with van der Waals surface area (Å²) in [5.74, 6) is 1.82. The van der Waals surface area contributed by atoms with Crippen molar-refractivity contribution in [3.8, 4) is 0 Å². The molecule has 3 heterocycles. The first-order chi connectivity index (χ1) is 12.8. The maximum Gasteiger partial charge on any atom is 0.126 e. The molecule has 0 radical (unpaired) electrons. The summed E-state index contributed by atoms with van der Waals surface area (Å²) in [6, 6.07) is 11.1. The molecule has 1 N–H and O–H groups in total. The largest absolute Gasteiger partial charge is 0.395 e. The average molecular weight is 354 g/mol.